The molecular formula is C22H29N3O2. The van der Waals surface area contributed by atoms with Gasteiger partial charge in [-0.25, -0.2) is 0 Å². The lowest BCUT2D eigenvalue weighted by Gasteiger charge is -2.28. The molecular weight excluding hydrogens is 338 g/mol. The number of aryl methyl sites for hydroxylation is 1. The lowest BCUT2D eigenvalue weighted by atomic mass is 10.1. The summed E-state index contributed by atoms with van der Waals surface area (Å²) in [5, 5.41) is 0. The molecule has 0 aliphatic carbocycles. The number of rotatable bonds is 6. The van der Waals surface area contributed by atoms with Gasteiger partial charge in [-0.3, -0.25) is 4.79 Å². The van der Waals surface area contributed by atoms with E-state index < -0.39 is 0 Å². The molecule has 1 atom stereocenters. The molecule has 2 aromatic carbocycles. The Morgan fingerprint density at radius 3 is 2.70 bits per heavy atom. The van der Waals surface area contributed by atoms with Crippen LogP contribution in [0.5, 0.6) is 0 Å². The summed E-state index contributed by atoms with van der Waals surface area (Å²) in [4.78, 5) is 17.2. The third-order valence-corrected chi connectivity index (χ3v) is 4.95. The number of ether oxygens (including phenoxy) is 1. The van der Waals surface area contributed by atoms with E-state index in [9.17, 15) is 4.79 Å². The first-order chi connectivity index (χ1) is 12.9. The van der Waals surface area contributed by atoms with Crippen molar-refractivity contribution in [2.75, 3.05) is 37.9 Å². The van der Waals surface area contributed by atoms with Crippen molar-refractivity contribution in [2.45, 2.75) is 32.4 Å². The maximum absolute atomic E-state index is 13.3. The summed E-state index contributed by atoms with van der Waals surface area (Å²) in [6.07, 6.45) is 2.15. The summed E-state index contributed by atoms with van der Waals surface area (Å²) in [6.45, 7) is 3.88. The van der Waals surface area contributed by atoms with Gasteiger partial charge < -0.3 is 20.3 Å². The molecule has 1 aliphatic rings. The van der Waals surface area contributed by atoms with Crippen molar-refractivity contribution in [3.63, 3.8) is 0 Å². The number of nitrogens with zero attached hydrogens (tertiary/aromatic N) is 2. The second-order valence-corrected chi connectivity index (χ2v) is 7.47. The SMILES string of the molecule is Cc1cccc(C(=O)N(Cc2cc(N)ccc2N(C)C)CC2CCCO2)c1. The Morgan fingerprint density at radius 1 is 1.22 bits per heavy atom. The van der Waals surface area contributed by atoms with Gasteiger partial charge in [0.05, 0.1) is 6.10 Å². The fraction of sp³-hybridized carbons (Fsp3) is 0.409. The Morgan fingerprint density at radius 2 is 2.04 bits per heavy atom. The van der Waals surface area contributed by atoms with Crippen molar-refractivity contribution in [1.29, 1.82) is 0 Å². The van der Waals surface area contributed by atoms with Gasteiger partial charge in [-0.15, -0.1) is 0 Å². The zero-order valence-corrected chi connectivity index (χ0v) is 16.4. The quantitative estimate of drug-likeness (QED) is 0.795. The topological polar surface area (TPSA) is 58.8 Å². The monoisotopic (exact) mass is 367 g/mol. The Balaban J connectivity index is 1.90. The van der Waals surface area contributed by atoms with Crippen molar-refractivity contribution in [3.05, 3.63) is 59.2 Å². The molecule has 1 fully saturated rings. The molecule has 1 amide bonds. The number of nitrogens with two attached hydrogens (primary N) is 1. The van der Waals surface area contributed by atoms with Crippen LogP contribution in [0.2, 0.25) is 0 Å². The average molecular weight is 367 g/mol. The highest BCUT2D eigenvalue weighted by molar-refractivity contribution is 5.94. The molecule has 0 aromatic heterocycles. The molecule has 0 bridgehead atoms. The zero-order chi connectivity index (χ0) is 19.4. The van der Waals surface area contributed by atoms with Gasteiger partial charge in [0.25, 0.3) is 5.91 Å². The van der Waals surface area contributed by atoms with E-state index >= 15 is 0 Å². The van der Waals surface area contributed by atoms with Gasteiger partial charge in [-0.2, -0.15) is 0 Å². The predicted molar refractivity (Wildman–Crippen MR) is 110 cm³/mol. The molecule has 3 rings (SSSR count). The van der Waals surface area contributed by atoms with Crippen LogP contribution in [0, 0.1) is 6.92 Å². The number of benzene rings is 2. The Kier molecular flexibility index (Phi) is 6.01. The molecule has 1 aliphatic heterocycles. The van der Waals surface area contributed by atoms with Crippen LogP contribution in [0.4, 0.5) is 11.4 Å². The van der Waals surface area contributed by atoms with Crippen molar-refractivity contribution in [2.24, 2.45) is 0 Å². The standard InChI is InChI=1S/C22H29N3O2/c1-16-6-4-7-17(12-16)22(26)25(15-20-8-5-11-27-20)14-18-13-19(23)9-10-21(18)24(2)3/h4,6-7,9-10,12-13,20H,5,8,11,14-15,23H2,1-3H3. The van der Waals surface area contributed by atoms with Gasteiger partial charge >= 0.3 is 0 Å². The van der Waals surface area contributed by atoms with E-state index in [-0.39, 0.29) is 12.0 Å². The molecule has 144 valence electrons. The molecule has 2 aromatic rings. The minimum Gasteiger partial charge on any atom is -0.399 e. The second kappa shape index (κ2) is 8.44. The van der Waals surface area contributed by atoms with Gasteiger partial charge in [0, 0.05) is 50.7 Å². The lowest BCUT2D eigenvalue weighted by Crippen LogP contribution is -2.37. The van der Waals surface area contributed by atoms with E-state index in [2.05, 4.69) is 4.90 Å². The van der Waals surface area contributed by atoms with Gasteiger partial charge in [0.1, 0.15) is 0 Å². The first-order valence-corrected chi connectivity index (χ1v) is 9.47. The normalized spacial score (nSPS) is 16.3. The largest absolute Gasteiger partial charge is 0.399 e. The maximum Gasteiger partial charge on any atom is 0.254 e. The van der Waals surface area contributed by atoms with Crippen LogP contribution in [0.25, 0.3) is 0 Å². The predicted octanol–water partition coefficient (Wildman–Crippen LogP) is 3.46. The summed E-state index contributed by atoms with van der Waals surface area (Å²) in [5.74, 6) is 0.0290. The fourth-order valence-electron chi connectivity index (χ4n) is 3.59. The summed E-state index contributed by atoms with van der Waals surface area (Å²) >= 11 is 0. The summed E-state index contributed by atoms with van der Waals surface area (Å²) in [5.41, 5.74) is 10.6. The number of hydrogen-bond donors (Lipinski definition) is 1. The van der Waals surface area contributed by atoms with Gasteiger partial charge in [0.15, 0.2) is 0 Å². The molecule has 5 nitrogen and oxygen atoms in total. The Hall–Kier alpha value is -2.53. The first kappa shape index (κ1) is 19.2. The smallest absolute Gasteiger partial charge is 0.254 e. The van der Waals surface area contributed by atoms with Crippen LogP contribution in [0.3, 0.4) is 0 Å². The van der Waals surface area contributed by atoms with Crippen LogP contribution in [0.1, 0.15) is 34.3 Å². The second-order valence-electron chi connectivity index (χ2n) is 7.47. The third kappa shape index (κ3) is 4.80. The van der Waals surface area contributed by atoms with Crippen LogP contribution in [0.15, 0.2) is 42.5 Å². The van der Waals surface area contributed by atoms with Gasteiger partial charge in [0.2, 0.25) is 0 Å². The molecule has 0 saturated carbocycles. The summed E-state index contributed by atoms with van der Waals surface area (Å²) in [7, 11) is 4.00. The van der Waals surface area contributed by atoms with Crippen LogP contribution in [-0.2, 0) is 11.3 Å². The van der Waals surface area contributed by atoms with Crippen molar-refractivity contribution < 1.29 is 9.53 Å². The highest BCUT2D eigenvalue weighted by Crippen LogP contribution is 2.25. The molecule has 0 spiro atoms. The van der Waals surface area contributed by atoms with E-state index in [1.165, 1.54) is 0 Å². The van der Waals surface area contributed by atoms with Crippen LogP contribution < -0.4 is 10.6 Å². The van der Waals surface area contributed by atoms with Gasteiger partial charge in [-0.05, 0) is 55.7 Å². The van der Waals surface area contributed by atoms with Crippen molar-refractivity contribution in [3.8, 4) is 0 Å². The number of amides is 1. The zero-order valence-electron chi connectivity index (χ0n) is 16.4. The number of carbonyl (C=O) groups is 1. The van der Waals surface area contributed by atoms with E-state index in [4.69, 9.17) is 10.5 Å². The molecule has 1 heterocycles. The van der Waals surface area contributed by atoms with E-state index in [1.807, 2.05) is 68.4 Å². The number of carbonyl (C=O) groups excluding carboxylic acids is 1. The highest BCUT2D eigenvalue weighted by Gasteiger charge is 2.24. The Labute approximate surface area is 161 Å². The molecule has 5 heteroatoms. The van der Waals surface area contributed by atoms with Gasteiger partial charge in [-0.1, -0.05) is 17.7 Å². The molecule has 27 heavy (non-hydrogen) atoms. The first-order valence-electron chi connectivity index (χ1n) is 9.47. The number of anilines is 2. The molecule has 0 radical (unpaired) electrons. The van der Waals surface area contributed by atoms with E-state index in [0.29, 0.717) is 24.3 Å². The van der Waals surface area contributed by atoms with E-state index in [1.54, 1.807) is 0 Å². The average Bonchev–Trinajstić information content (AvgIpc) is 3.13. The number of nitrogen functional groups attached to an aromatic ring is 1. The fourth-order valence-corrected chi connectivity index (χ4v) is 3.59. The Bertz CT molecular complexity index is 798. The minimum atomic E-state index is 0.0290. The van der Waals surface area contributed by atoms with Crippen LogP contribution in [-0.4, -0.2) is 44.2 Å². The van der Waals surface area contributed by atoms with Crippen molar-refractivity contribution in [1.82, 2.24) is 4.90 Å². The number of hydrogen-bond acceptors (Lipinski definition) is 4. The van der Waals surface area contributed by atoms with Crippen LogP contribution >= 0.6 is 0 Å². The third-order valence-electron chi connectivity index (χ3n) is 4.95. The highest BCUT2D eigenvalue weighted by atomic mass is 16.5. The lowest BCUT2D eigenvalue weighted by molar-refractivity contribution is 0.0507. The summed E-state index contributed by atoms with van der Waals surface area (Å²) in [6, 6.07) is 13.6. The maximum atomic E-state index is 13.3. The molecule has 1 saturated heterocycles. The molecule has 1 unspecified atom stereocenters. The molecule has 2 N–H and O–H groups in total. The van der Waals surface area contributed by atoms with E-state index in [0.717, 1.165) is 36.3 Å². The van der Waals surface area contributed by atoms with Crippen molar-refractivity contribution >= 4 is 17.3 Å². The summed E-state index contributed by atoms with van der Waals surface area (Å²) < 4.78 is 5.80. The minimum absolute atomic E-state index is 0.0290.